The minimum Gasteiger partial charge on any atom is -0.272 e. The van der Waals surface area contributed by atoms with Gasteiger partial charge in [-0.2, -0.15) is 0 Å². The third kappa shape index (κ3) is 1.53. The first-order chi connectivity index (χ1) is 7.74. The zero-order valence-electron chi connectivity index (χ0n) is 8.02. The molecule has 0 aromatic carbocycles. The Labute approximate surface area is 88.4 Å². The van der Waals surface area contributed by atoms with E-state index in [4.69, 9.17) is 5.53 Å². The van der Waals surface area contributed by atoms with Gasteiger partial charge in [0, 0.05) is 11.1 Å². The van der Waals surface area contributed by atoms with Gasteiger partial charge in [0.05, 0.1) is 0 Å². The number of hydrogen-bond donors (Lipinski definition) is 0. The number of pyridine rings is 1. The first kappa shape index (κ1) is 9.94. The van der Waals surface area contributed by atoms with Gasteiger partial charge in [-0.25, -0.2) is 9.20 Å². The van der Waals surface area contributed by atoms with E-state index in [9.17, 15) is 9.59 Å². The van der Waals surface area contributed by atoms with Crippen molar-refractivity contribution in [2.75, 3.05) is 6.54 Å². The number of rotatable bonds is 2. The van der Waals surface area contributed by atoms with Crippen molar-refractivity contribution in [3.63, 3.8) is 0 Å². The third-order valence-electron chi connectivity index (χ3n) is 1.93. The van der Waals surface area contributed by atoms with Crippen LogP contribution in [-0.2, 0) is 0 Å². The monoisotopic (exact) mass is 218 g/mol. The average Bonchev–Trinajstić information content (AvgIpc) is 2.64. The molecule has 0 amide bonds. The number of hydrogen-bond acceptors (Lipinski definition) is 4. The molecule has 0 bridgehead atoms. The molecule has 2 aromatic rings. The van der Waals surface area contributed by atoms with Crippen LogP contribution in [0.1, 0.15) is 4.79 Å². The number of carbonyl (C=O) groups excluding carboxylic acids is 1. The summed E-state index contributed by atoms with van der Waals surface area (Å²) < 4.78 is 1.91. The Bertz CT molecular complexity index is 648. The predicted molar refractivity (Wildman–Crippen MR) is 54.1 cm³/mol. The van der Waals surface area contributed by atoms with Gasteiger partial charge in [-0.1, -0.05) is 11.2 Å². The lowest BCUT2D eigenvalue weighted by Crippen LogP contribution is -2.28. The molecular weight excluding hydrogens is 212 g/mol. The molecule has 0 aliphatic heterocycles. The Morgan fingerprint density at radius 3 is 3.06 bits per heavy atom. The lowest BCUT2D eigenvalue weighted by atomic mass is 10.5. The highest BCUT2D eigenvalue weighted by Crippen LogP contribution is 1.94. The molecule has 0 spiro atoms. The summed E-state index contributed by atoms with van der Waals surface area (Å²) in [6.45, 7) is -0.430. The van der Waals surface area contributed by atoms with Gasteiger partial charge in [-0.05, 0) is 17.7 Å². The molecule has 2 rings (SSSR count). The van der Waals surface area contributed by atoms with Crippen molar-refractivity contribution in [3.05, 3.63) is 45.3 Å². The molecule has 0 aliphatic rings. The topological polar surface area (TPSA) is 105 Å². The van der Waals surface area contributed by atoms with Crippen LogP contribution in [0.3, 0.4) is 0 Å². The van der Waals surface area contributed by atoms with Gasteiger partial charge in [0.25, 0.3) is 5.91 Å². The molecule has 0 atom stereocenters. The van der Waals surface area contributed by atoms with Crippen molar-refractivity contribution in [2.45, 2.75) is 0 Å². The highest BCUT2D eigenvalue weighted by atomic mass is 16.2. The maximum absolute atomic E-state index is 11.6. The number of azide groups is 1. The van der Waals surface area contributed by atoms with Crippen molar-refractivity contribution < 1.29 is 4.79 Å². The fraction of sp³-hybridized carbons (Fsp3) is 0.125. The summed E-state index contributed by atoms with van der Waals surface area (Å²) in [7, 11) is 0. The molecule has 2 aromatic heterocycles. The Morgan fingerprint density at radius 2 is 2.38 bits per heavy atom. The fourth-order valence-corrected chi connectivity index (χ4v) is 1.25. The summed E-state index contributed by atoms with van der Waals surface area (Å²) in [4.78, 5) is 25.5. The normalized spacial score (nSPS) is 10.0. The SMILES string of the molecule is [N-]=[N+]=NCC(=O)n1nc2ccccn2c1=O. The smallest absolute Gasteiger partial charge is 0.272 e. The van der Waals surface area contributed by atoms with E-state index in [1.807, 2.05) is 0 Å². The summed E-state index contributed by atoms with van der Waals surface area (Å²) in [5.74, 6) is -0.661. The van der Waals surface area contributed by atoms with E-state index < -0.39 is 18.1 Å². The Kier molecular flexibility index (Phi) is 2.40. The molecule has 8 nitrogen and oxygen atoms in total. The zero-order chi connectivity index (χ0) is 11.5. The summed E-state index contributed by atoms with van der Waals surface area (Å²) in [5, 5.41) is 6.88. The highest BCUT2D eigenvalue weighted by Gasteiger charge is 2.11. The van der Waals surface area contributed by atoms with Crippen LogP contribution in [0.2, 0.25) is 0 Å². The molecule has 0 fully saturated rings. The number of carbonyl (C=O) groups is 1. The Hall–Kier alpha value is -2.60. The van der Waals surface area contributed by atoms with Gasteiger partial charge < -0.3 is 0 Å². The maximum atomic E-state index is 11.6. The van der Waals surface area contributed by atoms with Gasteiger partial charge in [-0.15, -0.1) is 9.78 Å². The van der Waals surface area contributed by atoms with Crippen LogP contribution in [0.4, 0.5) is 0 Å². The van der Waals surface area contributed by atoms with E-state index in [1.54, 1.807) is 18.2 Å². The van der Waals surface area contributed by atoms with Crippen LogP contribution < -0.4 is 5.69 Å². The second-order valence-corrected chi connectivity index (χ2v) is 2.91. The molecule has 0 saturated heterocycles. The Morgan fingerprint density at radius 1 is 1.56 bits per heavy atom. The molecule has 0 unspecified atom stereocenters. The molecule has 0 saturated carbocycles. The number of fused-ring (bicyclic) bond motifs is 1. The number of nitrogens with zero attached hydrogens (tertiary/aromatic N) is 6. The van der Waals surface area contributed by atoms with Crippen LogP contribution in [0.15, 0.2) is 34.3 Å². The van der Waals surface area contributed by atoms with Crippen molar-refractivity contribution >= 4 is 11.6 Å². The first-order valence-electron chi connectivity index (χ1n) is 4.34. The Balaban J connectivity index is 2.53. The molecular formula is C8H6N6O2. The summed E-state index contributed by atoms with van der Waals surface area (Å²) >= 11 is 0. The van der Waals surface area contributed by atoms with Crippen LogP contribution >= 0.6 is 0 Å². The summed E-state index contributed by atoms with van der Waals surface area (Å²) in [6, 6.07) is 4.95. The molecule has 0 aliphatic carbocycles. The standard InChI is InChI=1S/C8H6N6O2/c9-12-10-5-7(15)14-8(16)13-4-2-1-3-6(13)11-14/h1-4H,5H2. The molecule has 2 heterocycles. The van der Waals surface area contributed by atoms with Crippen LogP contribution in [0.25, 0.3) is 16.1 Å². The second kappa shape index (κ2) is 3.87. The lowest BCUT2D eigenvalue weighted by molar-refractivity contribution is 0.0904. The van der Waals surface area contributed by atoms with Crippen LogP contribution in [0, 0.1) is 0 Å². The molecule has 8 heteroatoms. The van der Waals surface area contributed by atoms with Gasteiger partial charge in [-0.3, -0.25) is 4.79 Å². The fourth-order valence-electron chi connectivity index (χ4n) is 1.25. The van der Waals surface area contributed by atoms with Gasteiger partial charge in [0.2, 0.25) is 0 Å². The van der Waals surface area contributed by atoms with Crippen molar-refractivity contribution in [1.82, 2.24) is 14.2 Å². The van der Waals surface area contributed by atoms with Crippen molar-refractivity contribution in [1.29, 1.82) is 0 Å². The van der Waals surface area contributed by atoms with E-state index in [1.165, 1.54) is 10.6 Å². The largest absolute Gasteiger partial charge is 0.357 e. The van der Waals surface area contributed by atoms with E-state index in [0.29, 0.717) is 10.3 Å². The van der Waals surface area contributed by atoms with E-state index in [2.05, 4.69) is 15.1 Å². The quantitative estimate of drug-likeness (QED) is 0.415. The van der Waals surface area contributed by atoms with E-state index in [0.717, 1.165) is 0 Å². The minimum absolute atomic E-state index is 0.363. The predicted octanol–water partition coefficient (Wildman–Crippen LogP) is 0.446. The zero-order valence-corrected chi connectivity index (χ0v) is 8.02. The number of aromatic nitrogens is 3. The van der Waals surface area contributed by atoms with Crippen LogP contribution in [-0.4, -0.2) is 26.6 Å². The van der Waals surface area contributed by atoms with Gasteiger partial charge >= 0.3 is 5.69 Å². The first-order valence-corrected chi connectivity index (χ1v) is 4.34. The van der Waals surface area contributed by atoms with Gasteiger partial charge in [0.1, 0.15) is 6.54 Å². The average molecular weight is 218 g/mol. The van der Waals surface area contributed by atoms with Crippen molar-refractivity contribution in [3.8, 4) is 0 Å². The minimum atomic E-state index is -0.661. The molecule has 0 N–H and O–H groups in total. The van der Waals surface area contributed by atoms with Crippen LogP contribution in [0.5, 0.6) is 0 Å². The lowest BCUT2D eigenvalue weighted by Gasteiger charge is -1.90. The van der Waals surface area contributed by atoms with E-state index in [-0.39, 0.29) is 0 Å². The second-order valence-electron chi connectivity index (χ2n) is 2.91. The molecule has 0 radical (unpaired) electrons. The molecule has 80 valence electrons. The highest BCUT2D eigenvalue weighted by molar-refractivity contribution is 5.80. The molecule has 16 heavy (non-hydrogen) atoms. The maximum Gasteiger partial charge on any atom is 0.357 e. The van der Waals surface area contributed by atoms with Gasteiger partial charge in [0.15, 0.2) is 5.65 Å². The third-order valence-corrected chi connectivity index (χ3v) is 1.93. The van der Waals surface area contributed by atoms with Crippen molar-refractivity contribution in [2.24, 2.45) is 5.11 Å². The summed E-state index contributed by atoms with van der Waals surface area (Å²) in [5.41, 5.74) is 7.85. The van der Waals surface area contributed by atoms with E-state index >= 15 is 0 Å². The summed E-state index contributed by atoms with van der Waals surface area (Å²) in [6.07, 6.45) is 1.50.